The van der Waals surface area contributed by atoms with E-state index >= 15 is 0 Å². The number of thiazole rings is 1. The number of rotatable bonds is 5. The zero-order valence-corrected chi connectivity index (χ0v) is 17.4. The zero-order chi connectivity index (χ0) is 20.4. The van der Waals surface area contributed by atoms with Gasteiger partial charge in [-0.1, -0.05) is 24.3 Å². The smallest absolute Gasteiger partial charge is 0.248 e. The Morgan fingerprint density at radius 3 is 2.46 bits per heavy atom. The topological polar surface area (TPSA) is 88.2 Å². The van der Waals surface area contributed by atoms with Crippen LogP contribution in [-0.4, -0.2) is 24.8 Å². The minimum absolute atomic E-state index is 0.0201. The number of nitrogens with zero attached hydrogens (tertiary/aromatic N) is 1. The Balaban J connectivity index is 1.79. The van der Waals surface area contributed by atoms with E-state index in [4.69, 9.17) is 0 Å². The Morgan fingerprint density at radius 1 is 1.07 bits per heavy atom. The van der Waals surface area contributed by atoms with Crippen molar-refractivity contribution in [2.45, 2.75) is 31.2 Å². The van der Waals surface area contributed by atoms with E-state index in [2.05, 4.69) is 15.0 Å². The molecule has 0 aliphatic rings. The molecule has 1 aromatic heterocycles. The number of amides is 1. The maximum Gasteiger partial charge on any atom is 0.248 e. The molecule has 0 unspecified atom stereocenters. The van der Waals surface area contributed by atoms with Crippen LogP contribution in [0.4, 0.5) is 5.69 Å². The van der Waals surface area contributed by atoms with Crippen molar-refractivity contribution in [3.63, 3.8) is 0 Å². The summed E-state index contributed by atoms with van der Waals surface area (Å²) < 4.78 is 28.9. The van der Waals surface area contributed by atoms with Crippen LogP contribution in [0.2, 0.25) is 0 Å². The van der Waals surface area contributed by atoms with Gasteiger partial charge in [0.05, 0.1) is 15.9 Å². The lowest BCUT2D eigenvalue weighted by Crippen LogP contribution is -2.40. The number of para-hydroxylation sites is 2. The molecule has 0 bridgehead atoms. The second-order valence-corrected chi connectivity index (χ2v) is 9.91. The van der Waals surface area contributed by atoms with Gasteiger partial charge in [-0.2, -0.15) is 0 Å². The molecular formula is C20H21N3O3S2. The monoisotopic (exact) mass is 415 g/mol. The Bertz CT molecular complexity index is 1110. The quantitative estimate of drug-likeness (QED) is 0.616. The molecule has 0 aliphatic heterocycles. The summed E-state index contributed by atoms with van der Waals surface area (Å²) in [6, 6.07) is 14.0. The number of carbonyl (C=O) groups excluding carboxylic acids is 1. The molecule has 2 N–H and O–H groups in total. The number of anilines is 1. The number of fused-ring (bicyclic) bond motifs is 1. The van der Waals surface area contributed by atoms with E-state index in [9.17, 15) is 13.2 Å². The average molecular weight is 416 g/mol. The highest BCUT2D eigenvalue weighted by Crippen LogP contribution is 2.24. The average Bonchev–Trinajstić information content (AvgIpc) is 3.01. The lowest BCUT2D eigenvalue weighted by atomic mass is 10.1. The van der Waals surface area contributed by atoms with Crippen LogP contribution in [0, 0.1) is 0 Å². The van der Waals surface area contributed by atoms with Gasteiger partial charge < -0.3 is 5.32 Å². The van der Waals surface area contributed by atoms with Crippen LogP contribution in [-0.2, 0) is 14.8 Å². The molecule has 3 aromatic rings. The summed E-state index contributed by atoms with van der Waals surface area (Å²) in [5, 5.41) is 3.34. The number of nitrogens with one attached hydrogen (secondary N) is 2. The summed E-state index contributed by atoms with van der Waals surface area (Å²) in [6.45, 7) is 5.27. The van der Waals surface area contributed by atoms with Crippen LogP contribution in [0.3, 0.4) is 0 Å². The summed E-state index contributed by atoms with van der Waals surface area (Å²) in [7, 11) is -3.78. The van der Waals surface area contributed by atoms with Gasteiger partial charge in [-0.3, -0.25) is 4.79 Å². The van der Waals surface area contributed by atoms with Gasteiger partial charge in [0.25, 0.3) is 0 Å². The Morgan fingerprint density at radius 2 is 1.75 bits per heavy atom. The molecule has 0 radical (unpaired) electrons. The van der Waals surface area contributed by atoms with Crippen molar-refractivity contribution in [2.24, 2.45) is 0 Å². The molecule has 2 aromatic carbocycles. The van der Waals surface area contributed by atoms with Crippen molar-refractivity contribution in [1.82, 2.24) is 9.71 Å². The second-order valence-electron chi connectivity index (χ2n) is 7.19. The Labute approximate surface area is 168 Å². The summed E-state index contributed by atoms with van der Waals surface area (Å²) in [5.41, 5.74) is 0.457. The van der Waals surface area contributed by atoms with E-state index in [-0.39, 0.29) is 10.6 Å². The first-order valence-electron chi connectivity index (χ1n) is 8.62. The highest BCUT2D eigenvalue weighted by molar-refractivity contribution is 7.89. The number of carbonyl (C=O) groups is 1. The fraction of sp³-hybridized carbons (Fsp3) is 0.200. The maximum absolute atomic E-state index is 12.6. The molecule has 0 aliphatic carbocycles. The van der Waals surface area contributed by atoms with Gasteiger partial charge in [0.1, 0.15) is 9.90 Å². The van der Waals surface area contributed by atoms with E-state index in [1.807, 2.05) is 24.3 Å². The molecule has 6 nitrogen and oxygen atoms in total. The lowest BCUT2D eigenvalue weighted by Gasteiger charge is -2.21. The molecule has 28 heavy (non-hydrogen) atoms. The third kappa shape index (κ3) is 5.03. The molecule has 0 saturated carbocycles. The molecule has 8 heteroatoms. The van der Waals surface area contributed by atoms with Crippen molar-refractivity contribution in [2.75, 3.05) is 5.32 Å². The first-order chi connectivity index (χ1) is 13.1. The molecule has 0 fully saturated rings. The van der Waals surface area contributed by atoms with Gasteiger partial charge in [-0.25, -0.2) is 18.1 Å². The van der Waals surface area contributed by atoms with Gasteiger partial charge in [0.2, 0.25) is 15.9 Å². The predicted octanol–water partition coefficient (Wildman–Crippen LogP) is 4.03. The lowest BCUT2D eigenvalue weighted by molar-refractivity contribution is -0.111. The summed E-state index contributed by atoms with van der Waals surface area (Å²) >= 11 is 1.48. The van der Waals surface area contributed by atoms with Crippen LogP contribution >= 0.6 is 11.3 Å². The number of hydrogen-bond donors (Lipinski definition) is 2. The molecule has 1 heterocycles. The largest absolute Gasteiger partial charge is 0.321 e. The van der Waals surface area contributed by atoms with E-state index < -0.39 is 21.5 Å². The molecule has 146 valence electrons. The van der Waals surface area contributed by atoms with E-state index in [1.165, 1.54) is 23.5 Å². The maximum atomic E-state index is 12.6. The fourth-order valence-electron chi connectivity index (χ4n) is 2.55. The molecule has 3 rings (SSSR count). The normalized spacial score (nSPS) is 12.5. The van der Waals surface area contributed by atoms with Crippen LogP contribution < -0.4 is 10.0 Å². The van der Waals surface area contributed by atoms with Gasteiger partial charge in [-0.05, 0) is 51.1 Å². The highest BCUT2D eigenvalue weighted by Gasteiger charge is 2.24. The van der Waals surface area contributed by atoms with E-state index in [0.717, 1.165) is 10.2 Å². The van der Waals surface area contributed by atoms with Gasteiger partial charge in [0.15, 0.2) is 0 Å². The number of sulfonamides is 1. The Kier molecular flexibility index (Phi) is 5.64. The summed E-state index contributed by atoms with van der Waals surface area (Å²) in [4.78, 5) is 16.8. The molecule has 1 amide bonds. The number of hydrogen-bond acceptors (Lipinski definition) is 5. The fourth-order valence-corrected chi connectivity index (χ4v) is 5.00. The minimum atomic E-state index is -3.78. The van der Waals surface area contributed by atoms with Crippen LogP contribution in [0.25, 0.3) is 16.3 Å². The van der Waals surface area contributed by atoms with E-state index in [1.54, 1.807) is 45.0 Å². The van der Waals surface area contributed by atoms with Crippen molar-refractivity contribution in [1.29, 1.82) is 0 Å². The number of aromatic nitrogens is 1. The van der Waals surface area contributed by atoms with Gasteiger partial charge >= 0.3 is 0 Å². The summed E-state index contributed by atoms with van der Waals surface area (Å²) in [6.07, 6.45) is 2.96. The van der Waals surface area contributed by atoms with E-state index in [0.29, 0.717) is 5.01 Å². The zero-order valence-electron chi connectivity index (χ0n) is 15.8. The summed E-state index contributed by atoms with van der Waals surface area (Å²) in [5.74, 6) is -0.433. The van der Waals surface area contributed by atoms with Gasteiger partial charge in [-0.15, -0.1) is 11.3 Å². The third-order valence-corrected chi connectivity index (χ3v) is 6.38. The molecular weight excluding hydrogens is 394 g/mol. The first kappa shape index (κ1) is 20.2. The molecule has 0 atom stereocenters. The van der Waals surface area contributed by atoms with Crippen molar-refractivity contribution < 1.29 is 13.2 Å². The Hall–Kier alpha value is -2.55. The van der Waals surface area contributed by atoms with Crippen LogP contribution in [0.1, 0.15) is 25.8 Å². The third-order valence-electron chi connectivity index (χ3n) is 3.56. The van der Waals surface area contributed by atoms with Gasteiger partial charge in [0, 0.05) is 11.6 Å². The standard InChI is InChI=1S/C20H21N3O3S2/c1-20(2,3)23-28(25,26)17-11-7-5-9-15(17)21-18(24)12-13-19-22-14-8-4-6-10-16(14)27-19/h4-13,23H,1-3H3,(H,21,24)/b13-12+. The highest BCUT2D eigenvalue weighted by atomic mass is 32.2. The molecule has 0 spiro atoms. The number of benzene rings is 2. The SMILES string of the molecule is CC(C)(C)NS(=O)(=O)c1ccccc1NC(=O)/C=C/c1nc2ccccc2s1. The van der Waals surface area contributed by atoms with Crippen molar-refractivity contribution in [3.8, 4) is 0 Å². The second kappa shape index (κ2) is 7.83. The predicted molar refractivity (Wildman–Crippen MR) is 114 cm³/mol. The van der Waals surface area contributed by atoms with Crippen molar-refractivity contribution >= 4 is 49.2 Å². The minimum Gasteiger partial charge on any atom is -0.321 e. The van der Waals surface area contributed by atoms with Crippen LogP contribution in [0.5, 0.6) is 0 Å². The first-order valence-corrected chi connectivity index (χ1v) is 10.9. The van der Waals surface area contributed by atoms with Crippen molar-refractivity contribution in [3.05, 3.63) is 59.6 Å². The molecule has 0 saturated heterocycles. The van der Waals surface area contributed by atoms with Crippen LogP contribution in [0.15, 0.2) is 59.5 Å².